The first kappa shape index (κ1) is 33.4. The Morgan fingerprint density at radius 3 is 2.37 bits per heavy atom. The third-order valence-electron chi connectivity index (χ3n) is 12.2. The van der Waals surface area contributed by atoms with Crippen LogP contribution in [0.5, 0.6) is 0 Å². The molecule has 4 aliphatic carbocycles. The number of hydrogen-bond donors (Lipinski definition) is 0. The predicted molar refractivity (Wildman–Crippen MR) is 173 cm³/mol. The lowest BCUT2D eigenvalue weighted by Crippen LogP contribution is -2.51. The van der Waals surface area contributed by atoms with Gasteiger partial charge in [-0.05, 0) is 125 Å². The molecule has 41 heavy (non-hydrogen) atoms. The summed E-state index contributed by atoms with van der Waals surface area (Å²) in [6.07, 6.45) is 18.0. The maximum absolute atomic E-state index is 9.09. The zero-order valence-electron chi connectivity index (χ0n) is 28.1. The van der Waals surface area contributed by atoms with Gasteiger partial charge in [-0.1, -0.05) is 65.5 Å². The molecular formula is C36H63N2O2P. The van der Waals surface area contributed by atoms with E-state index in [0.717, 1.165) is 48.3 Å². The first-order chi connectivity index (χ1) is 19.4. The van der Waals surface area contributed by atoms with Gasteiger partial charge in [-0.15, -0.1) is 0 Å². The fourth-order valence-corrected chi connectivity index (χ4v) is 11.9. The first-order valence-corrected chi connectivity index (χ1v) is 18.5. The van der Waals surface area contributed by atoms with Crippen molar-refractivity contribution >= 4 is 8.53 Å². The molecule has 0 heterocycles. The van der Waals surface area contributed by atoms with E-state index in [1.54, 1.807) is 5.57 Å². The lowest BCUT2D eigenvalue weighted by Gasteiger charge is -2.58. The zero-order valence-corrected chi connectivity index (χ0v) is 29.0. The molecular weight excluding hydrogens is 523 g/mol. The molecule has 1 unspecified atom stereocenters. The molecule has 4 rings (SSSR count). The fraction of sp³-hybridized carbons (Fsp3) is 0.917. The molecule has 0 aromatic heterocycles. The zero-order chi connectivity index (χ0) is 29.9. The fourth-order valence-electron chi connectivity index (χ4n) is 10.2. The van der Waals surface area contributed by atoms with E-state index in [1.165, 1.54) is 57.8 Å². The molecule has 0 spiro atoms. The van der Waals surface area contributed by atoms with E-state index < -0.39 is 8.53 Å². The highest BCUT2D eigenvalue weighted by atomic mass is 31.2. The molecule has 0 aromatic rings. The molecule has 0 bridgehead atoms. The second-order valence-corrected chi connectivity index (χ2v) is 17.2. The van der Waals surface area contributed by atoms with Crippen molar-refractivity contribution < 1.29 is 9.05 Å². The first-order valence-electron chi connectivity index (χ1n) is 17.4. The van der Waals surface area contributed by atoms with Crippen LogP contribution in [-0.2, 0) is 9.05 Å². The molecule has 0 saturated heterocycles. The Hall–Kier alpha value is -0.460. The molecule has 5 heteroatoms. The number of hydrogen-bond acceptors (Lipinski definition) is 4. The molecule has 0 aliphatic heterocycles. The molecule has 3 fully saturated rings. The number of allylic oxidation sites excluding steroid dienone is 1. The SMILES string of the molecule is CC(C)CCC[C@@H](C)[C@H]1CC[C@H]2[C@@H]3CC=C4C[C@@H](OP(OCCC#N)N(C(C)C)C(C)C)CC[C@]4(C)[C@H]3CC[C@]12C. The van der Waals surface area contributed by atoms with Gasteiger partial charge < -0.3 is 9.05 Å². The Kier molecular flexibility index (Phi) is 11.5. The highest BCUT2D eigenvalue weighted by Crippen LogP contribution is 2.67. The van der Waals surface area contributed by atoms with Crippen molar-refractivity contribution in [2.75, 3.05) is 6.61 Å². The third kappa shape index (κ3) is 7.11. The summed E-state index contributed by atoms with van der Waals surface area (Å²) in [4.78, 5) is 0. The predicted octanol–water partition coefficient (Wildman–Crippen LogP) is 10.7. The van der Waals surface area contributed by atoms with Crippen LogP contribution in [0.4, 0.5) is 0 Å². The smallest absolute Gasteiger partial charge is 0.259 e. The summed E-state index contributed by atoms with van der Waals surface area (Å²) in [5, 5.41) is 9.09. The summed E-state index contributed by atoms with van der Waals surface area (Å²) >= 11 is 0. The van der Waals surface area contributed by atoms with Crippen LogP contribution in [0.25, 0.3) is 0 Å². The molecule has 4 nitrogen and oxygen atoms in total. The van der Waals surface area contributed by atoms with Gasteiger partial charge in [-0.3, -0.25) is 0 Å². The van der Waals surface area contributed by atoms with Crippen molar-refractivity contribution in [3.05, 3.63) is 11.6 Å². The van der Waals surface area contributed by atoms with E-state index in [1.807, 2.05) is 0 Å². The highest BCUT2D eigenvalue weighted by molar-refractivity contribution is 7.44. The van der Waals surface area contributed by atoms with Crippen molar-refractivity contribution in [2.45, 2.75) is 158 Å². The number of fused-ring (bicyclic) bond motifs is 5. The van der Waals surface area contributed by atoms with Crippen LogP contribution in [0, 0.1) is 57.7 Å². The maximum Gasteiger partial charge on any atom is 0.259 e. The second-order valence-electron chi connectivity index (χ2n) is 15.8. The van der Waals surface area contributed by atoms with Crippen molar-refractivity contribution in [1.82, 2.24) is 4.67 Å². The largest absolute Gasteiger partial charge is 0.321 e. The summed E-state index contributed by atoms with van der Waals surface area (Å²) in [7, 11) is -1.17. The summed E-state index contributed by atoms with van der Waals surface area (Å²) in [5.74, 6) is 5.26. The summed E-state index contributed by atoms with van der Waals surface area (Å²) in [6, 6.07) is 2.92. The number of rotatable bonds is 13. The van der Waals surface area contributed by atoms with Crippen LogP contribution in [0.15, 0.2) is 11.6 Å². The molecule has 0 radical (unpaired) electrons. The van der Waals surface area contributed by atoms with E-state index in [9.17, 15) is 0 Å². The van der Waals surface area contributed by atoms with Crippen molar-refractivity contribution in [2.24, 2.45) is 46.3 Å². The van der Waals surface area contributed by atoms with Crippen LogP contribution in [0.1, 0.15) is 139 Å². The molecule has 0 amide bonds. The quantitative estimate of drug-likeness (QED) is 0.122. The van der Waals surface area contributed by atoms with Gasteiger partial charge in [-0.2, -0.15) is 5.26 Å². The lowest BCUT2D eigenvalue weighted by molar-refractivity contribution is -0.0565. The Balaban J connectivity index is 1.44. The monoisotopic (exact) mass is 586 g/mol. The van der Waals surface area contributed by atoms with Crippen LogP contribution >= 0.6 is 8.53 Å². The minimum absolute atomic E-state index is 0.218. The average Bonchev–Trinajstić information content (AvgIpc) is 3.25. The highest BCUT2D eigenvalue weighted by Gasteiger charge is 2.59. The van der Waals surface area contributed by atoms with E-state index in [0.29, 0.717) is 35.9 Å². The molecule has 3 saturated carbocycles. The van der Waals surface area contributed by atoms with E-state index in [4.69, 9.17) is 14.3 Å². The Bertz CT molecular complexity index is 919. The van der Waals surface area contributed by atoms with Gasteiger partial charge in [0, 0.05) is 12.1 Å². The number of nitrogens with zero attached hydrogens (tertiary/aromatic N) is 2. The van der Waals surface area contributed by atoms with Gasteiger partial charge in [0.1, 0.15) is 0 Å². The molecule has 0 aromatic carbocycles. The van der Waals surface area contributed by atoms with Crippen molar-refractivity contribution in [1.29, 1.82) is 5.26 Å². The minimum atomic E-state index is -1.17. The summed E-state index contributed by atoms with van der Waals surface area (Å²) in [5.41, 5.74) is 2.57. The van der Waals surface area contributed by atoms with Crippen LogP contribution in [-0.4, -0.2) is 29.5 Å². The maximum atomic E-state index is 9.09. The van der Waals surface area contributed by atoms with Gasteiger partial charge in [-0.25, -0.2) is 4.67 Å². The normalized spacial score (nSPS) is 36.6. The Morgan fingerprint density at radius 1 is 0.976 bits per heavy atom. The third-order valence-corrected chi connectivity index (χ3v) is 14.3. The van der Waals surface area contributed by atoms with Gasteiger partial charge in [0.2, 0.25) is 0 Å². The standard InChI is InChI=1S/C36H63N2O2P/c1-25(2)12-10-13-28(7)32-16-17-33-31-15-14-29-24-30(18-20-35(29,8)34(31)19-21-36(32,33)9)40-41(39-23-11-22-37)38(26(3)4)27(5)6/h14,25-28,30-34H,10-13,15-21,23-24H2,1-9H3/t28-,30+,31+,32-,33+,34+,35+,36-,41?/m1/s1. The molecule has 0 N–H and O–H groups in total. The van der Waals surface area contributed by atoms with Gasteiger partial charge >= 0.3 is 0 Å². The van der Waals surface area contributed by atoms with E-state index >= 15 is 0 Å². The molecule has 9 atom stereocenters. The van der Waals surface area contributed by atoms with Crippen LogP contribution in [0.2, 0.25) is 0 Å². The van der Waals surface area contributed by atoms with E-state index in [-0.39, 0.29) is 6.10 Å². The van der Waals surface area contributed by atoms with E-state index in [2.05, 4.69) is 79.1 Å². The van der Waals surface area contributed by atoms with Crippen LogP contribution in [0.3, 0.4) is 0 Å². The average molecular weight is 587 g/mol. The topological polar surface area (TPSA) is 45.5 Å². The summed E-state index contributed by atoms with van der Waals surface area (Å²) in [6.45, 7) is 22.0. The Morgan fingerprint density at radius 2 is 1.71 bits per heavy atom. The van der Waals surface area contributed by atoms with Gasteiger partial charge in [0.05, 0.1) is 25.2 Å². The number of nitriles is 1. The van der Waals surface area contributed by atoms with Crippen LogP contribution < -0.4 is 0 Å². The minimum Gasteiger partial charge on any atom is -0.321 e. The second kappa shape index (κ2) is 14.1. The molecule has 234 valence electrons. The van der Waals surface area contributed by atoms with Crippen molar-refractivity contribution in [3.63, 3.8) is 0 Å². The molecule has 4 aliphatic rings. The Labute approximate surface area is 255 Å². The van der Waals surface area contributed by atoms with Gasteiger partial charge in [0.15, 0.2) is 0 Å². The van der Waals surface area contributed by atoms with Gasteiger partial charge in [0.25, 0.3) is 8.53 Å². The van der Waals surface area contributed by atoms with Crippen molar-refractivity contribution in [3.8, 4) is 6.07 Å². The summed E-state index contributed by atoms with van der Waals surface area (Å²) < 4.78 is 15.5. The lowest BCUT2D eigenvalue weighted by atomic mass is 9.47.